The minimum atomic E-state index is -2.58. The first-order valence-corrected chi connectivity index (χ1v) is 6.22. The minimum Gasteiger partial charge on any atom is -0.383 e. The van der Waals surface area contributed by atoms with Crippen LogP contribution in [0.3, 0.4) is 0 Å². The first-order chi connectivity index (χ1) is 9.72. The lowest BCUT2D eigenvalue weighted by Crippen LogP contribution is -2.21. The lowest BCUT2D eigenvalue weighted by Gasteiger charge is -2.10. The van der Waals surface area contributed by atoms with E-state index < -0.39 is 6.55 Å². The van der Waals surface area contributed by atoms with Gasteiger partial charge in [-0.05, 0) is 0 Å². The zero-order valence-corrected chi connectivity index (χ0v) is 11.2. The zero-order valence-electron chi connectivity index (χ0n) is 11.2. The van der Waals surface area contributed by atoms with Crippen molar-refractivity contribution < 1.29 is 13.5 Å². The maximum atomic E-state index is 12.7. The topological polar surface area (TPSA) is 56.9 Å². The Morgan fingerprint density at radius 1 is 1.25 bits per heavy atom. The van der Waals surface area contributed by atoms with Crippen LogP contribution in [0.4, 0.5) is 8.78 Å². The van der Waals surface area contributed by atoms with Crippen molar-refractivity contribution in [2.24, 2.45) is 0 Å². The van der Waals surface area contributed by atoms with E-state index in [1.165, 1.54) is 12.4 Å². The summed E-state index contributed by atoms with van der Waals surface area (Å²) in [5, 5.41) is 3.16. The van der Waals surface area contributed by atoms with Crippen LogP contribution in [0.15, 0.2) is 24.8 Å². The van der Waals surface area contributed by atoms with Crippen LogP contribution in [-0.4, -0.2) is 39.4 Å². The predicted molar refractivity (Wildman–Crippen MR) is 68.4 cm³/mol. The molecule has 0 aromatic carbocycles. The Morgan fingerprint density at radius 3 is 2.75 bits per heavy atom. The molecular formula is C12H17F2N5O. The fraction of sp³-hybridized carbons (Fsp3) is 0.500. The number of methoxy groups -OCH3 is 1. The molecule has 0 radical (unpaired) electrons. The smallest absolute Gasteiger partial charge is 0.319 e. The summed E-state index contributed by atoms with van der Waals surface area (Å²) in [6.07, 6.45) is 6.03. The van der Waals surface area contributed by atoms with E-state index in [1.807, 2.05) is 0 Å². The molecule has 2 aromatic rings. The van der Waals surface area contributed by atoms with Gasteiger partial charge < -0.3 is 14.6 Å². The monoisotopic (exact) mass is 285 g/mol. The summed E-state index contributed by atoms with van der Waals surface area (Å²) >= 11 is 0. The van der Waals surface area contributed by atoms with E-state index in [9.17, 15) is 8.78 Å². The summed E-state index contributed by atoms with van der Waals surface area (Å²) in [5.41, 5.74) is 0. The molecule has 2 heterocycles. The Balaban J connectivity index is 1.99. The second kappa shape index (κ2) is 7.11. The van der Waals surface area contributed by atoms with Crippen molar-refractivity contribution in [2.45, 2.75) is 19.6 Å². The van der Waals surface area contributed by atoms with Crippen molar-refractivity contribution in [3.8, 4) is 0 Å². The molecule has 0 amide bonds. The zero-order chi connectivity index (χ0) is 14.4. The number of halogens is 2. The van der Waals surface area contributed by atoms with Gasteiger partial charge in [0, 0.05) is 38.4 Å². The predicted octanol–water partition coefficient (Wildman–Crippen LogP) is 1.26. The maximum Gasteiger partial charge on any atom is 0.319 e. The largest absolute Gasteiger partial charge is 0.383 e. The maximum absolute atomic E-state index is 12.7. The van der Waals surface area contributed by atoms with Crippen molar-refractivity contribution in [1.82, 2.24) is 24.4 Å². The highest BCUT2D eigenvalue weighted by atomic mass is 19.3. The molecule has 0 saturated carbocycles. The average Bonchev–Trinajstić information content (AvgIpc) is 3.05. The Hall–Kier alpha value is -1.80. The SMILES string of the molecule is COCCNCc1nccn1Cc1nccn1C(F)F. The van der Waals surface area contributed by atoms with Crippen molar-refractivity contribution in [3.05, 3.63) is 36.4 Å². The third-order valence-electron chi connectivity index (χ3n) is 2.84. The van der Waals surface area contributed by atoms with Gasteiger partial charge in [-0.15, -0.1) is 0 Å². The molecule has 0 spiro atoms. The molecule has 0 aliphatic heterocycles. The number of aromatic nitrogens is 4. The van der Waals surface area contributed by atoms with Gasteiger partial charge in [0.2, 0.25) is 0 Å². The quantitative estimate of drug-likeness (QED) is 0.742. The van der Waals surface area contributed by atoms with E-state index >= 15 is 0 Å². The normalized spacial score (nSPS) is 11.4. The summed E-state index contributed by atoms with van der Waals surface area (Å²) in [6.45, 7) is -0.463. The van der Waals surface area contributed by atoms with Gasteiger partial charge in [-0.3, -0.25) is 4.57 Å². The first-order valence-electron chi connectivity index (χ1n) is 6.22. The Kier molecular flexibility index (Phi) is 5.19. The van der Waals surface area contributed by atoms with E-state index in [2.05, 4.69) is 15.3 Å². The Labute approximate surface area is 115 Å². The van der Waals surface area contributed by atoms with Crippen LogP contribution in [0.1, 0.15) is 18.2 Å². The summed E-state index contributed by atoms with van der Waals surface area (Å²) in [5.74, 6) is 1.07. The van der Waals surface area contributed by atoms with Gasteiger partial charge >= 0.3 is 6.55 Å². The number of nitrogens with one attached hydrogen (secondary N) is 1. The lowest BCUT2D eigenvalue weighted by atomic mass is 10.5. The highest BCUT2D eigenvalue weighted by molar-refractivity contribution is 4.99. The highest BCUT2D eigenvalue weighted by Crippen LogP contribution is 2.13. The molecule has 6 nitrogen and oxygen atoms in total. The van der Waals surface area contributed by atoms with Crippen molar-refractivity contribution >= 4 is 0 Å². The lowest BCUT2D eigenvalue weighted by molar-refractivity contribution is 0.0666. The van der Waals surface area contributed by atoms with E-state index in [0.29, 0.717) is 25.5 Å². The van der Waals surface area contributed by atoms with Crippen LogP contribution >= 0.6 is 0 Å². The number of imidazole rings is 2. The van der Waals surface area contributed by atoms with Crippen molar-refractivity contribution in [1.29, 1.82) is 0 Å². The van der Waals surface area contributed by atoms with E-state index in [4.69, 9.17) is 4.74 Å². The molecule has 0 fully saturated rings. The van der Waals surface area contributed by atoms with Crippen LogP contribution < -0.4 is 5.32 Å². The standard InChI is InChI=1S/C12H17F2N5O/c1-20-7-4-15-8-10-16-2-5-18(10)9-11-17-3-6-19(11)12(13)14/h2-3,5-6,12,15H,4,7-9H2,1H3. The molecule has 20 heavy (non-hydrogen) atoms. The molecule has 2 rings (SSSR count). The minimum absolute atomic E-state index is 0.263. The fourth-order valence-corrected chi connectivity index (χ4v) is 1.82. The number of hydrogen-bond acceptors (Lipinski definition) is 4. The second-order valence-corrected chi connectivity index (χ2v) is 4.17. The van der Waals surface area contributed by atoms with Gasteiger partial charge in [-0.25, -0.2) is 9.97 Å². The van der Waals surface area contributed by atoms with Gasteiger partial charge in [-0.2, -0.15) is 8.78 Å². The van der Waals surface area contributed by atoms with E-state index in [0.717, 1.165) is 10.4 Å². The molecule has 0 atom stereocenters. The fourth-order valence-electron chi connectivity index (χ4n) is 1.82. The van der Waals surface area contributed by atoms with Crippen LogP contribution in [0.5, 0.6) is 0 Å². The van der Waals surface area contributed by atoms with Gasteiger partial charge in [0.15, 0.2) is 0 Å². The molecule has 2 aromatic heterocycles. The van der Waals surface area contributed by atoms with Gasteiger partial charge in [0.25, 0.3) is 0 Å². The van der Waals surface area contributed by atoms with Crippen LogP contribution in [-0.2, 0) is 17.8 Å². The number of hydrogen-bond donors (Lipinski definition) is 1. The van der Waals surface area contributed by atoms with E-state index in [1.54, 1.807) is 24.1 Å². The summed E-state index contributed by atoms with van der Waals surface area (Å²) in [6, 6.07) is 0. The molecular weight excluding hydrogens is 268 g/mol. The number of ether oxygens (including phenoxy) is 1. The van der Waals surface area contributed by atoms with E-state index in [-0.39, 0.29) is 6.54 Å². The van der Waals surface area contributed by atoms with Crippen LogP contribution in [0, 0.1) is 0 Å². The first kappa shape index (κ1) is 14.6. The molecule has 8 heteroatoms. The summed E-state index contributed by atoms with van der Waals surface area (Å²) in [7, 11) is 1.63. The molecule has 110 valence electrons. The number of rotatable bonds is 8. The highest BCUT2D eigenvalue weighted by Gasteiger charge is 2.13. The molecule has 1 N–H and O–H groups in total. The van der Waals surface area contributed by atoms with Crippen LogP contribution in [0.2, 0.25) is 0 Å². The number of alkyl halides is 2. The number of nitrogens with zero attached hydrogens (tertiary/aromatic N) is 4. The Morgan fingerprint density at radius 2 is 2.00 bits per heavy atom. The average molecular weight is 285 g/mol. The molecule has 0 aliphatic rings. The van der Waals surface area contributed by atoms with Crippen molar-refractivity contribution in [3.63, 3.8) is 0 Å². The van der Waals surface area contributed by atoms with Gasteiger partial charge in [0.05, 0.1) is 19.7 Å². The second-order valence-electron chi connectivity index (χ2n) is 4.17. The molecule has 0 bridgehead atoms. The third-order valence-corrected chi connectivity index (χ3v) is 2.84. The molecule has 0 saturated heterocycles. The summed E-state index contributed by atoms with van der Waals surface area (Å²) in [4.78, 5) is 8.16. The van der Waals surface area contributed by atoms with Crippen LogP contribution in [0.25, 0.3) is 0 Å². The molecule has 0 aliphatic carbocycles. The molecule has 0 unspecified atom stereocenters. The van der Waals surface area contributed by atoms with Crippen molar-refractivity contribution in [2.75, 3.05) is 20.3 Å². The Bertz CT molecular complexity index is 525. The van der Waals surface area contributed by atoms with Gasteiger partial charge in [0.1, 0.15) is 11.6 Å². The summed E-state index contributed by atoms with van der Waals surface area (Å²) < 4.78 is 33.1. The van der Waals surface area contributed by atoms with Gasteiger partial charge in [-0.1, -0.05) is 0 Å². The third kappa shape index (κ3) is 3.61.